The van der Waals surface area contributed by atoms with Gasteiger partial charge in [0.05, 0.1) is 12.6 Å². The molecule has 1 aromatic rings. The van der Waals surface area contributed by atoms with E-state index in [4.69, 9.17) is 5.11 Å². The second-order valence-electron chi connectivity index (χ2n) is 3.96. The number of aliphatic hydroxyl groups is 1. The maximum absolute atomic E-state index is 13.4. The molecule has 5 heteroatoms. The van der Waals surface area contributed by atoms with Gasteiger partial charge < -0.3 is 10.4 Å². The lowest BCUT2D eigenvalue weighted by Gasteiger charge is -2.17. The predicted octanol–water partition coefficient (Wildman–Crippen LogP) is 1.89. The molecule has 0 spiro atoms. The standard InChI is InChI=1S/C11H12F3NO/c12-8-4-10(14)9(13)3-7(8)11(5-16)15-6-1-2-6/h3-4,6,11,15-16H,1-2,5H2. The first-order valence-corrected chi connectivity index (χ1v) is 5.13. The van der Waals surface area contributed by atoms with Crippen molar-refractivity contribution in [2.24, 2.45) is 0 Å². The molecule has 1 aliphatic rings. The summed E-state index contributed by atoms with van der Waals surface area (Å²) in [6.45, 7) is -0.349. The first-order chi connectivity index (χ1) is 7.61. The van der Waals surface area contributed by atoms with E-state index in [9.17, 15) is 13.2 Å². The molecule has 0 amide bonds. The quantitative estimate of drug-likeness (QED) is 0.775. The molecule has 1 atom stereocenters. The lowest BCUT2D eigenvalue weighted by atomic mass is 10.1. The Bertz CT molecular complexity index is 393. The third-order valence-corrected chi connectivity index (χ3v) is 2.61. The van der Waals surface area contributed by atoms with Gasteiger partial charge in [0.2, 0.25) is 0 Å². The van der Waals surface area contributed by atoms with Gasteiger partial charge in [0, 0.05) is 17.7 Å². The normalized spacial score (nSPS) is 17.5. The minimum absolute atomic E-state index is 0.0340. The molecular formula is C11H12F3NO. The summed E-state index contributed by atoms with van der Waals surface area (Å²) in [5.41, 5.74) is -0.0340. The second kappa shape index (κ2) is 4.43. The number of aliphatic hydroxyl groups excluding tert-OH is 1. The Balaban J connectivity index is 2.25. The molecule has 0 aromatic heterocycles. The number of benzene rings is 1. The van der Waals surface area contributed by atoms with Gasteiger partial charge in [-0.05, 0) is 18.9 Å². The van der Waals surface area contributed by atoms with Gasteiger partial charge in [-0.15, -0.1) is 0 Å². The fourth-order valence-electron chi connectivity index (χ4n) is 1.58. The maximum atomic E-state index is 13.4. The molecule has 1 saturated carbocycles. The van der Waals surface area contributed by atoms with Crippen LogP contribution in [0.15, 0.2) is 12.1 Å². The monoisotopic (exact) mass is 231 g/mol. The number of nitrogens with one attached hydrogen (secondary N) is 1. The molecule has 16 heavy (non-hydrogen) atoms. The number of hydrogen-bond donors (Lipinski definition) is 2. The van der Waals surface area contributed by atoms with Crippen LogP contribution >= 0.6 is 0 Å². The lowest BCUT2D eigenvalue weighted by Crippen LogP contribution is -2.27. The highest BCUT2D eigenvalue weighted by Gasteiger charge is 2.27. The summed E-state index contributed by atoms with van der Waals surface area (Å²) in [5.74, 6) is -3.16. The molecule has 0 saturated heterocycles. The summed E-state index contributed by atoms with van der Waals surface area (Å²) < 4.78 is 39.0. The first-order valence-electron chi connectivity index (χ1n) is 5.13. The summed E-state index contributed by atoms with van der Waals surface area (Å²) in [6.07, 6.45) is 1.92. The molecular weight excluding hydrogens is 219 g/mol. The summed E-state index contributed by atoms with van der Waals surface area (Å²) >= 11 is 0. The zero-order valence-electron chi connectivity index (χ0n) is 8.51. The molecule has 1 fully saturated rings. The van der Waals surface area contributed by atoms with Gasteiger partial charge >= 0.3 is 0 Å². The van der Waals surface area contributed by atoms with Gasteiger partial charge in [-0.2, -0.15) is 0 Å². The van der Waals surface area contributed by atoms with E-state index in [1.54, 1.807) is 0 Å². The van der Waals surface area contributed by atoms with Crippen LogP contribution in [-0.4, -0.2) is 17.8 Å². The Morgan fingerprint density at radius 1 is 1.19 bits per heavy atom. The molecule has 88 valence electrons. The van der Waals surface area contributed by atoms with Crippen LogP contribution in [0.3, 0.4) is 0 Å². The van der Waals surface area contributed by atoms with E-state index >= 15 is 0 Å². The Labute approximate surface area is 91.1 Å². The van der Waals surface area contributed by atoms with E-state index in [1.807, 2.05) is 0 Å². The van der Waals surface area contributed by atoms with Crippen molar-refractivity contribution in [2.45, 2.75) is 24.9 Å². The molecule has 0 bridgehead atoms. The average molecular weight is 231 g/mol. The number of halogens is 3. The molecule has 1 unspecified atom stereocenters. The van der Waals surface area contributed by atoms with Crippen molar-refractivity contribution >= 4 is 0 Å². The van der Waals surface area contributed by atoms with Gasteiger partial charge in [0.1, 0.15) is 5.82 Å². The largest absolute Gasteiger partial charge is 0.394 e. The molecule has 1 aliphatic carbocycles. The third-order valence-electron chi connectivity index (χ3n) is 2.61. The topological polar surface area (TPSA) is 32.3 Å². The smallest absolute Gasteiger partial charge is 0.161 e. The summed E-state index contributed by atoms with van der Waals surface area (Å²) in [7, 11) is 0. The highest BCUT2D eigenvalue weighted by atomic mass is 19.2. The van der Waals surface area contributed by atoms with E-state index in [0.29, 0.717) is 6.07 Å². The molecule has 2 N–H and O–H groups in total. The van der Waals surface area contributed by atoms with Crippen LogP contribution in [0, 0.1) is 17.5 Å². The van der Waals surface area contributed by atoms with Crippen molar-refractivity contribution < 1.29 is 18.3 Å². The van der Waals surface area contributed by atoms with Gasteiger partial charge in [0.15, 0.2) is 11.6 Å². The summed E-state index contributed by atoms with van der Waals surface area (Å²) in [4.78, 5) is 0. The zero-order valence-corrected chi connectivity index (χ0v) is 8.51. The van der Waals surface area contributed by atoms with Gasteiger partial charge in [-0.3, -0.25) is 0 Å². The number of hydrogen-bond acceptors (Lipinski definition) is 2. The van der Waals surface area contributed by atoms with Gasteiger partial charge in [0.25, 0.3) is 0 Å². The summed E-state index contributed by atoms with van der Waals surface area (Å²) in [6, 6.07) is 0.857. The van der Waals surface area contributed by atoms with Crippen LogP contribution in [0.4, 0.5) is 13.2 Å². The zero-order chi connectivity index (χ0) is 11.7. The molecule has 0 radical (unpaired) electrons. The fraction of sp³-hybridized carbons (Fsp3) is 0.455. The van der Waals surface area contributed by atoms with Crippen LogP contribution in [0.25, 0.3) is 0 Å². The SMILES string of the molecule is OCC(NC1CC1)c1cc(F)c(F)cc1F. The van der Waals surface area contributed by atoms with E-state index in [0.717, 1.165) is 18.9 Å². The summed E-state index contributed by atoms with van der Waals surface area (Å²) in [5, 5.41) is 12.1. The second-order valence-corrected chi connectivity index (χ2v) is 3.96. The Morgan fingerprint density at radius 2 is 1.81 bits per heavy atom. The van der Waals surface area contributed by atoms with Crippen LogP contribution in [0.1, 0.15) is 24.4 Å². The molecule has 1 aromatic carbocycles. The Morgan fingerprint density at radius 3 is 2.38 bits per heavy atom. The minimum Gasteiger partial charge on any atom is -0.394 e. The molecule has 0 aliphatic heterocycles. The van der Waals surface area contributed by atoms with Crippen LogP contribution < -0.4 is 5.32 Å². The Hall–Kier alpha value is -1.07. The van der Waals surface area contributed by atoms with E-state index < -0.39 is 23.5 Å². The first kappa shape index (κ1) is 11.4. The van der Waals surface area contributed by atoms with E-state index in [1.165, 1.54) is 0 Å². The highest BCUT2D eigenvalue weighted by molar-refractivity contribution is 5.24. The van der Waals surface area contributed by atoms with Crippen LogP contribution in [0.5, 0.6) is 0 Å². The molecule has 0 heterocycles. The van der Waals surface area contributed by atoms with Crippen LogP contribution in [0.2, 0.25) is 0 Å². The predicted molar refractivity (Wildman–Crippen MR) is 52.3 cm³/mol. The molecule has 2 rings (SSSR count). The third kappa shape index (κ3) is 2.36. The van der Waals surface area contributed by atoms with Crippen molar-refractivity contribution in [1.82, 2.24) is 5.32 Å². The van der Waals surface area contributed by atoms with E-state index in [-0.39, 0.29) is 18.2 Å². The van der Waals surface area contributed by atoms with Crippen molar-refractivity contribution in [2.75, 3.05) is 6.61 Å². The lowest BCUT2D eigenvalue weighted by molar-refractivity contribution is 0.239. The Kier molecular flexibility index (Phi) is 3.16. The van der Waals surface area contributed by atoms with Crippen molar-refractivity contribution in [1.29, 1.82) is 0 Å². The van der Waals surface area contributed by atoms with Crippen molar-refractivity contribution in [3.8, 4) is 0 Å². The van der Waals surface area contributed by atoms with E-state index in [2.05, 4.69) is 5.32 Å². The highest BCUT2D eigenvalue weighted by Crippen LogP contribution is 2.26. The average Bonchev–Trinajstić information content (AvgIpc) is 3.04. The molecule has 2 nitrogen and oxygen atoms in total. The van der Waals surface area contributed by atoms with Crippen LogP contribution in [-0.2, 0) is 0 Å². The van der Waals surface area contributed by atoms with Crippen molar-refractivity contribution in [3.05, 3.63) is 35.1 Å². The van der Waals surface area contributed by atoms with Crippen molar-refractivity contribution in [3.63, 3.8) is 0 Å². The van der Waals surface area contributed by atoms with Gasteiger partial charge in [-0.25, -0.2) is 13.2 Å². The van der Waals surface area contributed by atoms with Gasteiger partial charge in [-0.1, -0.05) is 0 Å². The number of rotatable bonds is 4. The minimum atomic E-state index is -1.22. The maximum Gasteiger partial charge on any atom is 0.161 e. The fourth-order valence-corrected chi connectivity index (χ4v) is 1.58.